The summed E-state index contributed by atoms with van der Waals surface area (Å²) in [4.78, 5) is 21.0. The van der Waals surface area contributed by atoms with Crippen molar-refractivity contribution in [2.24, 2.45) is 0 Å². The van der Waals surface area contributed by atoms with Gasteiger partial charge in [-0.05, 0) is 31.4 Å². The van der Waals surface area contributed by atoms with Crippen LogP contribution in [-0.4, -0.2) is 48.8 Å². The Morgan fingerprint density at radius 2 is 1.95 bits per heavy atom. The molecule has 3 aromatic heterocycles. The first-order valence-corrected chi connectivity index (χ1v) is 11.3. The van der Waals surface area contributed by atoms with Crippen molar-refractivity contribution < 1.29 is 32.5 Å². The van der Waals surface area contributed by atoms with E-state index in [1.54, 1.807) is 6.92 Å². The average Bonchev–Trinajstić information content (AvgIpc) is 3.19. The standard InChI is InChI=1S/C23H21ClF3N5O5/c1-4-31-18(11-33)30-32(22(31)34)14-7-13-5-6-28-21(37-16-9-19(35-3)29-10-15(16)24)20(13)17(8-14)36-12(2)23(25,26)27/h5-10,12,33H,4,11H2,1-3H3/t12-/m0/s1. The zero-order valence-electron chi connectivity index (χ0n) is 19.8. The first-order chi connectivity index (χ1) is 17.6. The van der Waals surface area contributed by atoms with Crippen LogP contribution in [0.3, 0.4) is 0 Å². The molecule has 196 valence electrons. The van der Waals surface area contributed by atoms with Crippen molar-refractivity contribution in [1.29, 1.82) is 0 Å². The lowest BCUT2D eigenvalue weighted by atomic mass is 10.1. The fourth-order valence-electron chi connectivity index (χ4n) is 3.52. The van der Waals surface area contributed by atoms with E-state index in [2.05, 4.69) is 15.1 Å². The van der Waals surface area contributed by atoms with Gasteiger partial charge in [0.25, 0.3) is 0 Å². The molecule has 4 rings (SSSR count). The lowest BCUT2D eigenvalue weighted by Crippen LogP contribution is -2.31. The second kappa shape index (κ2) is 10.3. The Morgan fingerprint density at radius 1 is 1.19 bits per heavy atom. The monoisotopic (exact) mass is 539 g/mol. The smallest absolute Gasteiger partial charge is 0.425 e. The number of rotatable bonds is 8. The van der Waals surface area contributed by atoms with Crippen LogP contribution in [0.1, 0.15) is 19.7 Å². The molecule has 0 fully saturated rings. The molecule has 0 aliphatic heterocycles. The maximum Gasteiger partial charge on any atom is 0.425 e. The molecular formula is C23H21ClF3N5O5. The minimum atomic E-state index is -4.68. The highest BCUT2D eigenvalue weighted by atomic mass is 35.5. The number of hydrogen-bond acceptors (Lipinski definition) is 8. The van der Waals surface area contributed by atoms with Gasteiger partial charge in [0.15, 0.2) is 17.7 Å². The van der Waals surface area contributed by atoms with E-state index < -0.39 is 24.6 Å². The molecule has 1 atom stereocenters. The molecule has 0 spiro atoms. The summed E-state index contributed by atoms with van der Waals surface area (Å²) in [6.45, 7) is 2.27. The van der Waals surface area contributed by atoms with Gasteiger partial charge in [-0.15, -0.1) is 5.10 Å². The molecule has 14 heteroatoms. The number of aliphatic hydroxyl groups excluding tert-OH is 1. The van der Waals surface area contributed by atoms with Gasteiger partial charge >= 0.3 is 11.9 Å². The van der Waals surface area contributed by atoms with Crippen molar-refractivity contribution >= 4 is 22.4 Å². The molecule has 0 aliphatic carbocycles. The van der Waals surface area contributed by atoms with Gasteiger partial charge < -0.3 is 19.3 Å². The number of ether oxygens (including phenoxy) is 3. The largest absolute Gasteiger partial charge is 0.481 e. The number of aliphatic hydroxyl groups is 1. The highest BCUT2D eigenvalue weighted by molar-refractivity contribution is 6.32. The summed E-state index contributed by atoms with van der Waals surface area (Å²) in [6, 6.07) is 5.65. The third-order valence-electron chi connectivity index (χ3n) is 5.39. The topological polar surface area (TPSA) is 114 Å². The molecule has 10 nitrogen and oxygen atoms in total. The number of nitrogens with zero attached hydrogens (tertiary/aromatic N) is 5. The predicted molar refractivity (Wildman–Crippen MR) is 127 cm³/mol. The second-order valence-corrected chi connectivity index (χ2v) is 8.14. The molecule has 37 heavy (non-hydrogen) atoms. The van der Waals surface area contributed by atoms with Crippen molar-refractivity contribution in [3.05, 3.63) is 58.0 Å². The number of alkyl halides is 3. The minimum absolute atomic E-state index is 0.0953. The molecule has 0 amide bonds. The van der Waals surface area contributed by atoms with Gasteiger partial charge in [0.2, 0.25) is 11.8 Å². The van der Waals surface area contributed by atoms with Gasteiger partial charge in [0.05, 0.1) is 24.4 Å². The van der Waals surface area contributed by atoms with Gasteiger partial charge in [-0.1, -0.05) is 11.6 Å². The predicted octanol–water partition coefficient (Wildman–Crippen LogP) is 4.27. The van der Waals surface area contributed by atoms with E-state index in [1.807, 2.05) is 0 Å². The maximum atomic E-state index is 13.4. The van der Waals surface area contributed by atoms with Gasteiger partial charge in [0, 0.05) is 24.9 Å². The number of fused-ring (bicyclic) bond motifs is 1. The summed E-state index contributed by atoms with van der Waals surface area (Å²) in [5.41, 5.74) is -0.466. The number of aromatic nitrogens is 5. The van der Waals surface area contributed by atoms with E-state index in [9.17, 15) is 23.1 Å². The van der Waals surface area contributed by atoms with Crippen molar-refractivity contribution in [2.75, 3.05) is 7.11 Å². The van der Waals surface area contributed by atoms with E-state index in [4.69, 9.17) is 25.8 Å². The molecular weight excluding hydrogens is 519 g/mol. The fourth-order valence-corrected chi connectivity index (χ4v) is 3.66. The number of methoxy groups -OCH3 is 1. The summed E-state index contributed by atoms with van der Waals surface area (Å²) in [7, 11) is 1.40. The Labute approximate surface area is 212 Å². The third-order valence-corrected chi connectivity index (χ3v) is 5.68. The van der Waals surface area contributed by atoms with E-state index in [-0.39, 0.29) is 51.7 Å². The maximum absolute atomic E-state index is 13.4. The first kappa shape index (κ1) is 26.2. The van der Waals surface area contributed by atoms with Crippen LogP contribution >= 0.6 is 11.6 Å². The average molecular weight is 540 g/mol. The summed E-state index contributed by atoms with van der Waals surface area (Å²) in [6.07, 6.45) is -4.23. The molecule has 1 aromatic carbocycles. The van der Waals surface area contributed by atoms with E-state index in [0.717, 1.165) is 11.6 Å². The van der Waals surface area contributed by atoms with Crippen LogP contribution in [-0.2, 0) is 13.2 Å². The lowest BCUT2D eigenvalue weighted by molar-refractivity contribution is -0.189. The molecule has 0 aliphatic rings. The molecule has 4 aromatic rings. The zero-order chi connectivity index (χ0) is 26.9. The highest BCUT2D eigenvalue weighted by Crippen LogP contribution is 2.40. The molecule has 0 radical (unpaired) electrons. The van der Waals surface area contributed by atoms with Crippen LogP contribution in [0.5, 0.6) is 23.3 Å². The molecule has 0 saturated heterocycles. The lowest BCUT2D eigenvalue weighted by Gasteiger charge is -2.20. The Balaban J connectivity index is 1.93. The van der Waals surface area contributed by atoms with Crippen LogP contribution in [0, 0.1) is 0 Å². The van der Waals surface area contributed by atoms with Crippen LogP contribution in [0.25, 0.3) is 16.5 Å². The van der Waals surface area contributed by atoms with E-state index in [1.165, 1.54) is 48.3 Å². The molecule has 0 bridgehead atoms. The van der Waals surface area contributed by atoms with Crippen LogP contribution in [0.2, 0.25) is 5.02 Å². The highest BCUT2D eigenvalue weighted by Gasteiger charge is 2.38. The van der Waals surface area contributed by atoms with Gasteiger partial charge in [0.1, 0.15) is 17.4 Å². The zero-order valence-corrected chi connectivity index (χ0v) is 20.5. The summed E-state index contributed by atoms with van der Waals surface area (Å²) < 4.78 is 58.8. The van der Waals surface area contributed by atoms with E-state index in [0.29, 0.717) is 5.39 Å². The fraction of sp³-hybridized carbons (Fsp3) is 0.304. The number of halogens is 4. The van der Waals surface area contributed by atoms with Crippen molar-refractivity contribution in [2.45, 2.75) is 39.3 Å². The third kappa shape index (κ3) is 5.18. The summed E-state index contributed by atoms with van der Waals surface area (Å²) in [5, 5.41) is 14.2. The minimum Gasteiger partial charge on any atom is -0.481 e. The second-order valence-electron chi connectivity index (χ2n) is 7.73. The first-order valence-electron chi connectivity index (χ1n) is 10.9. The number of pyridine rings is 2. The number of benzene rings is 1. The Morgan fingerprint density at radius 3 is 2.57 bits per heavy atom. The van der Waals surface area contributed by atoms with Crippen molar-refractivity contribution in [3.63, 3.8) is 0 Å². The van der Waals surface area contributed by atoms with Crippen molar-refractivity contribution in [3.8, 4) is 28.9 Å². The van der Waals surface area contributed by atoms with Crippen molar-refractivity contribution in [1.82, 2.24) is 24.3 Å². The Kier molecular flexibility index (Phi) is 7.28. The van der Waals surface area contributed by atoms with E-state index >= 15 is 0 Å². The van der Waals surface area contributed by atoms with Gasteiger partial charge in [-0.3, -0.25) is 4.57 Å². The van der Waals surface area contributed by atoms with Crippen LogP contribution in [0.4, 0.5) is 13.2 Å². The normalized spacial score (nSPS) is 12.5. The SMILES string of the molecule is CCn1c(CO)nn(-c2cc(O[C@@H](C)C(F)(F)F)c3c(Oc4cc(OC)ncc4Cl)nccc3c2)c1=O. The molecule has 3 heterocycles. The van der Waals surface area contributed by atoms with Gasteiger partial charge in [-0.25, -0.2) is 14.8 Å². The van der Waals surface area contributed by atoms with Crippen LogP contribution < -0.4 is 19.9 Å². The molecule has 0 unspecified atom stereocenters. The summed E-state index contributed by atoms with van der Waals surface area (Å²) in [5.74, 6) is 0.0125. The Bertz CT molecular complexity index is 1500. The molecule has 1 N–H and O–H groups in total. The number of hydrogen-bond donors (Lipinski definition) is 1. The quantitative estimate of drug-likeness (QED) is 0.353. The summed E-state index contributed by atoms with van der Waals surface area (Å²) >= 11 is 6.19. The Hall–Kier alpha value is -3.84. The van der Waals surface area contributed by atoms with Crippen LogP contribution in [0.15, 0.2) is 41.5 Å². The molecule has 0 saturated carbocycles. The van der Waals surface area contributed by atoms with Gasteiger partial charge in [-0.2, -0.15) is 17.9 Å².